The van der Waals surface area contributed by atoms with Gasteiger partial charge in [-0.3, -0.25) is 9.59 Å². The Hall–Kier alpha value is -2.67. The molecule has 0 saturated carbocycles. The highest BCUT2D eigenvalue weighted by molar-refractivity contribution is 9.10. The van der Waals surface area contributed by atoms with Gasteiger partial charge in [-0.2, -0.15) is 0 Å². The second kappa shape index (κ2) is 7.92. The Morgan fingerprint density at radius 1 is 1.30 bits per heavy atom. The van der Waals surface area contributed by atoms with Crippen LogP contribution in [0.5, 0.6) is 5.75 Å². The van der Waals surface area contributed by atoms with Crippen molar-refractivity contribution in [1.29, 1.82) is 0 Å². The van der Waals surface area contributed by atoms with Crippen molar-refractivity contribution in [3.8, 4) is 5.75 Å². The van der Waals surface area contributed by atoms with Gasteiger partial charge in [0.15, 0.2) is 0 Å². The maximum Gasteiger partial charge on any atom is 0.308 e. The summed E-state index contributed by atoms with van der Waals surface area (Å²) in [5.74, 6) is -0.323. The number of halogens is 2. The van der Waals surface area contributed by atoms with Crippen molar-refractivity contribution in [2.75, 3.05) is 0 Å². The highest BCUT2D eigenvalue weighted by Gasteiger charge is 2.17. The van der Waals surface area contributed by atoms with Crippen LogP contribution >= 0.6 is 15.9 Å². The molecule has 1 unspecified atom stereocenters. The third-order valence-electron chi connectivity index (χ3n) is 4.18. The van der Waals surface area contributed by atoms with Crippen LogP contribution < -0.4 is 4.74 Å². The Morgan fingerprint density at radius 2 is 2.07 bits per heavy atom. The van der Waals surface area contributed by atoms with Crippen LogP contribution in [-0.2, 0) is 20.9 Å². The van der Waals surface area contributed by atoms with Crippen molar-refractivity contribution in [2.45, 2.75) is 26.5 Å². The van der Waals surface area contributed by atoms with Gasteiger partial charge in [-0.15, -0.1) is 0 Å². The highest BCUT2D eigenvalue weighted by atomic mass is 79.9. The summed E-state index contributed by atoms with van der Waals surface area (Å²) in [5.41, 5.74) is 2.56. The van der Waals surface area contributed by atoms with Crippen LogP contribution in [0.1, 0.15) is 31.1 Å². The number of esters is 1. The van der Waals surface area contributed by atoms with E-state index in [1.54, 1.807) is 31.2 Å². The molecule has 1 heterocycles. The van der Waals surface area contributed by atoms with Gasteiger partial charge in [0.25, 0.3) is 6.47 Å². The summed E-state index contributed by atoms with van der Waals surface area (Å²) in [6, 6.07) is 10.1. The standard InChI is InChI=1S/C20H17BrFNO4/c1-12(26-11-24)17-10-23(9-14-3-5-19(22)18(21)7-14)20-6-4-15(8-16(17)20)27-13(2)25/h3-8,10-12H,9H2,1-2H3. The lowest BCUT2D eigenvalue weighted by Gasteiger charge is -2.08. The summed E-state index contributed by atoms with van der Waals surface area (Å²) in [7, 11) is 0. The Kier molecular flexibility index (Phi) is 5.60. The van der Waals surface area contributed by atoms with Gasteiger partial charge < -0.3 is 14.0 Å². The van der Waals surface area contributed by atoms with E-state index in [0.717, 1.165) is 22.0 Å². The Morgan fingerprint density at radius 3 is 2.74 bits per heavy atom. The van der Waals surface area contributed by atoms with Crippen LogP contribution in [0.25, 0.3) is 10.9 Å². The van der Waals surface area contributed by atoms with Crippen molar-refractivity contribution >= 4 is 39.3 Å². The minimum absolute atomic E-state index is 0.323. The molecule has 0 amide bonds. The monoisotopic (exact) mass is 433 g/mol. The van der Waals surface area contributed by atoms with Crippen LogP contribution in [0.4, 0.5) is 4.39 Å². The largest absolute Gasteiger partial charge is 0.460 e. The van der Waals surface area contributed by atoms with Crippen LogP contribution in [0, 0.1) is 5.82 Å². The molecular weight excluding hydrogens is 417 g/mol. The molecule has 2 aromatic carbocycles. The van der Waals surface area contributed by atoms with Gasteiger partial charge in [0.1, 0.15) is 17.7 Å². The molecule has 140 valence electrons. The Bertz CT molecular complexity index is 1010. The number of ether oxygens (including phenoxy) is 2. The molecule has 1 aromatic heterocycles. The SMILES string of the molecule is CC(=O)Oc1ccc2c(c1)c(C(C)OC=O)cn2Cc1ccc(F)c(Br)c1. The normalized spacial score (nSPS) is 12.0. The predicted octanol–water partition coefficient (Wildman–Crippen LogP) is 4.75. The van der Waals surface area contributed by atoms with Gasteiger partial charge >= 0.3 is 5.97 Å². The number of nitrogens with zero attached hydrogens (tertiary/aromatic N) is 1. The highest BCUT2D eigenvalue weighted by Crippen LogP contribution is 2.32. The summed E-state index contributed by atoms with van der Waals surface area (Å²) < 4.78 is 26.1. The van der Waals surface area contributed by atoms with E-state index in [-0.39, 0.29) is 5.82 Å². The van der Waals surface area contributed by atoms with Crippen molar-refractivity contribution in [3.05, 3.63) is 64.0 Å². The average Bonchev–Trinajstić information content (AvgIpc) is 2.96. The number of fused-ring (bicyclic) bond motifs is 1. The maximum atomic E-state index is 13.5. The molecule has 0 spiro atoms. The fourth-order valence-electron chi connectivity index (χ4n) is 2.98. The van der Waals surface area contributed by atoms with Gasteiger partial charge in [0.05, 0.1) is 4.47 Å². The number of rotatable bonds is 6. The lowest BCUT2D eigenvalue weighted by molar-refractivity contribution is -0.133. The van der Waals surface area contributed by atoms with Crippen LogP contribution in [0.15, 0.2) is 47.1 Å². The van der Waals surface area contributed by atoms with E-state index in [9.17, 15) is 14.0 Å². The van der Waals surface area contributed by atoms with Crippen LogP contribution in [0.2, 0.25) is 0 Å². The first kappa shape index (κ1) is 19.1. The van der Waals surface area contributed by atoms with Crippen molar-refractivity contribution in [1.82, 2.24) is 4.57 Å². The second-order valence-electron chi connectivity index (χ2n) is 6.11. The number of benzene rings is 2. The van der Waals surface area contributed by atoms with Crippen LogP contribution in [0.3, 0.4) is 0 Å². The average molecular weight is 434 g/mol. The molecule has 0 fully saturated rings. The van der Waals surface area contributed by atoms with E-state index in [1.807, 2.05) is 16.8 Å². The molecule has 7 heteroatoms. The molecule has 3 aromatic rings. The number of carbonyl (C=O) groups excluding carboxylic acids is 2. The number of carbonyl (C=O) groups is 2. The molecule has 0 radical (unpaired) electrons. The van der Waals surface area contributed by atoms with Gasteiger partial charge in [0.2, 0.25) is 0 Å². The molecule has 0 bridgehead atoms. The molecule has 0 aliphatic rings. The first-order valence-electron chi connectivity index (χ1n) is 8.23. The van der Waals surface area contributed by atoms with Gasteiger partial charge in [0, 0.05) is 36.1 Å². The molecule has 0 aliphatic carbocycles. The number of aromatic nitrogens is 1. The molecule has 0 saturated heterocycles. The number of hydrogen-bond donors (Lipinski definition) is 0. The molecule has 27 heavy (non-hydrogen) atoms. The molecular formula is C20H17BrFNO4. The number of hydrogen-bond acceptors (Lipinski definition) is 4. The summed E-state index contributed by atoms with van der Waals surface area (Å²) in [6.45, 7) is 4.00. The summed E-state index contributed by atoms with van der Waals surface area (Å²) in [5, 5.41) is 0.810. The molecule has 5 nitrogen and oxygen atoms in total. The van der Waals surface area contributed by atoms with Crippen molar-refractivity contribution in [3.63, 3.8) is 0 Å². The second-order valence-corrected chi connectivity index (χ2v) is 6.96. The van der Waals surface area contributed by atoms with E-state index in [1.165, 1.54) is 13.0 Å². The van der Waals surface area contributed by atoms with E-state index in [2.05, 4.69) is 15.9 Å². The quantitative estimate of drug-likeness (QED) is 0.319. The summed E-state index contributed by atoms with van der Waals surface area (Å²) >= 11 is 3.20. The van der Waals surface area contributed by atoms with E-state index in [0.29, 0.717) is 23.2 Å². The molecule has 3 rings (SSSR count). The maximum absolute atomic E-state index is 13.5. The van der Waals surface area contributed by atoms with Crippen LogP contribution in [-0.4, -0.2) is 17.0 Å². The third-order valence-corrected chi connectivity index (χ3v) is 4.79. The van der Waals surface area contributed by atoms with E-state index in [4.69, 9.17) is 9.47 Å². The Labute approximate surface area is 163 Å². The molecule has 1 atom stereocenters. The van der Waals surface area contributed by atoms with Crippen molar-refractivity contribution < 1.29 is 23.5 Å². The summed E-state index contributed by atoms with van der Waals surface area (Å²) in [6.07, 6.45) is 1.41. The third kappa shape index (κ3) is 4.19. The minimum Gasteiger partial charge on any atom is -0.460 e. The zero-order valence-corrected chi connectivity index (χ0v) is 16.3. The zero-order valence-electron chi connectivity index (χ0n) is 14.7. The molecule has 0 N–H and O–H groups in total. The predicted molar refractivity (Wildman–Crippen MR) is 102 cm³/mol. The van der Waals surface area contributed by atoms with Gasteiger partial charge in [-0.05, 0) is 58.7 Å². The topological polar surface area (TPSA) is 57.5 Å². The first-order chi connectivity index (χ1) is 12.9. The molecule has 0 aliphatic heterocycles. The van der Waals surface area contributed by atoms with Gasteiger partial charge in [-0.1, -0.05) is 6.07 Å². The van der Waals surface area contributed by atoms with Gasteiger partial charge in [-0.25, -0.2) is 4.39 Å². The smallest absolute Gasteiger partial charge is 0.308 e. The lowest BCUT2D eigenvalue weighted by Crippen LogP contribution is -2.01. The lowest BCUT2D eigenvalue weighted by atomic mass is 10.1. The van der Waals surface area contributed by atoms with E-state index < -0.39 is 12.1 Å². The first-order valence-corrected chi connectivity index (χ1v) is 9.02. The summed E-state index contributed by atoms with van der Waals surface area (Å²) in [4.78, 5) is 22.0. The van der Waals surface area contributed by atoms with Crippen molar-refractivity contribution in [2.24, 2.45) is 0 Å². The fraction of sp³-hybridized carbons (Fsp3) is 0.200. The Balaban J connectivity index is 2.07. The minimum atomic E-state index is -0.473. The fourth-order valence-corrected chi connectivity index (χ4v) is 3.41. The zero-order chi connectivity index (χ0) is 19.6. The van der Waals surface area contributed by atoms with E-state index >= 15 is 0 Å².